The van der Waals surface area contributed by atoms with Crippen molar-refractivity contribution in [3.8, 4) is 0 Å². The van der Waals surface area contributed by atoms with Gasteiger partial charge in [-0.2, -0.15) is 5.10 Å². The maximum absolute atomic E-state index is 4.48. The zero-order chi connectivity index (χ0) is 10.4. The molecule has 2 aliphatic carbocycles. The fraction of sp³-hybridized carbons (Fsp3) is 0.750. The van der Waals surface area contributed by atoms with Gasteiger partial charge in [-0.05, 0) is 44.4 Å². The molecule has 0 aromatic carbocycles. The first kappa shape index (κ1) is 9.25. The Morgan fingerprint density at radius 2 is 1.93 bits per heavy atom. The Hall–Kier alpha value is -0.990. The van der Waals surface area contributed by atoms with Crippen LogP contribution in [0.4, 0.5) is 5.82 Å². The molecule has 3 rings (SSSR count). The molecule has 3 nitrogen and oxygen atoms in total. The summed E-state index contributed by atoms with van der Waals surface area (Å²) in [6, 6.07) is 2.86. The normalized spacial score (nSPS) is 21.0. The molecular formula is C12H19N3. The first-order valence-corrected chi connectivity index (χ1v) is 6.01. The van der Waals surface area contributed by atoms with E-state index in [2.05, 4.69) is 23.4 Å². The molecule has 0 aliphatic heterocycles. The number of nitrogens with zero attached hydrogens (tertiary/aromatic N) is 2. The van der Waals surface area contributed by atoms with Crippen molar-refractivity contribution in [2.75, 3.05) is 5.32 Å². The summed E-state index contributed by atoms with van der Waals surface area (Å²) in [5.74, 6) is 2.93. The van der Waals surface area contributed by atoms with Gasteiger partial charge in [0.2, 0.25) is 0 Å². The lowest BCUT2D eigenvalue weighted by Crippen LogP contribution is -2.24. The van der Waals surface area contributed by atoms with Gasteiger partial charge in [0.15, 0.2) is 0 Å². The molecule has 1 aromatic rings. The predicted octanol–water partition coefficient (Wildman–Crippen LogP) is 2.33. The van der Waals surface area contributed by atoms with Crippen LogP contribution in [-0.4, -0.2) is 15.8 Å². The molecule has 0 saturated heterocycles. The second kappa shape index (κ2) is 3.26. The topological polar surface area (TPSA) is 29.9 Å². The molecule has 0 radical (unpaired) electrons. The highest BCUT2D eigenvalue weighted by atomic mass is 15.3. The van der Waals surface area contributed by atoms with E-state index in [-0.39, 0.29) is 0 Å². The summed E-state index contributed by atoms with van der Waals surface area (Å²) >= 11 is 0. The zero-order valence-corrected chi connectivity index (χ0v) is 9.53. The van der Waals surface area contributed by atoms with Gasteiger partial charge in [0, 0.05) is 24.8 Å². The molecule has 0 spiro atoms. The van der Waals surface area contributed by atoms with Crippen LogP contribution in [0.2, 0.25) is 0 Å². The van der Waals surface area contributed by atoms with Crippen LogP contribution < -0.4 is 5.32 Å². The second-order valence-corrected chi connectivity index (χ2v) is 5.14. The van der Waals surface area contributed by atoms with Crippen molar-refractivity contribution in [3.05, 3.63) is 11.8 Å². The highest BCUT2D eigenvalue weighted by Crippen LogP contribution is 2.45. The van der Waals surface area contributed by atoms with Crippen molar-refractivity contribution in [2.45, 2.75) is 38.6 Å². The maximum Gasteiger partial charge on any atom is 0.148 e. The van der Waals surface area contributed by atoms with E-state index >= 15 is 0 Å². The second-order valence-electron chi connectivity index (χ2n) is 5.14. The highest BCUT2D eigenvalue weighted by molar-refractivity contribution is 5.38. The van der Waals surface area contributed by atoms with E-state index in [0.717, 1.165) is 17.7 Å². The summed E-state index contributed by atoms with van der Waals surface area (Å²) < 4.78 is 1.94. The molecule has 3 heteroatoms. The molecule has 1 aromatic heterocycles. The molecule has 2 aliphatic rings. The number of aryl methyl sites for hydroxylation is 2. The molecule has 0 atom stereocenters. The molecule has 2 saturated carbocycles. The third-order valence-electron chi connectivity index (χ3n) is 3.69. The van der Waals surface area contributed by atoms with Gasteiger partial charge in [-0.25, -0.2) is 0 Å². The van der Waals surface area contributed by atoms with E-state index in [4.69, 9.17) is 0 Å². The van der Waals surface area contributed by atoms with E-state index in [1.165, 1.54) is 31.4 Å². The van der Waals surface area contributed by atoms with Gasteiger partial charge in [-0.15, -0.1) is 0 Å². The maximum atomic E-state index is 4.48. The van der Waals surface area contributed by atoms with Gasteiger partial charge in [0.1, 0.15) is 5.82 Å². The van der Waals surface area contributed by atoms with E-state index in [1.54, 1.807) is 0 Å². The van der Waals surface area contributed by atoms with Crippen molar-refractivity contribution >= 4 is 5.82 Å². The quantitative estimate of drug-likeness (QED) is 0.817. The Kier molecular flexibility index (Phi) is 2.01. The molecule has 0 bridgehead atoms. The van der Waals surface area contributed by atoms with Crippen molar-refractivity contribution < 1.29 is 0 Å². The number of aromatic nitrogens is 2. The Morgan fingerprint density at radius 1 is 1.33 bits per heavy atom. The third-order valence-corrected chi connectivity index (χ3v) is 3.69. The van der Waals surface area contributed by atoms with E-state index in [1.807, 2.05) is 11.7 Å². The lowest BCUT2D eigenvalue weighted by molar-refractivity contribution is 0.564. The van der Waals surface area contributed by atoms with Crippen LogP contribution in [0.25, 0.3) is 0 Å². The minimum atomic E-state index is 0.708. The zero-order valence-electron chi connectivity index (χ0n) is 9.53. The van der Waals surface area contributed by atoms with Crippen LogP contribution in [0.3, 0.4) is 0 Å². The first-order chi connectivity index (χ1) is 7.24. The van der Waals surface area contributed by atoms with Gasteiger partial charge in [0.05, 0.1) is 0 Å². The first-order valence-electron chi connectivity index (χ1n) is 6.01. The lowest BCUT2D eigenvalue weighted by Gasteiger charge is -2.16. The van der Waals surface area contributed by atoms with Crippen LogP contribution in [0.5, 0.6) is 0 Å². The average Bonchev–Trinajstić information content (AvgIpc) is 3.07. The molecule has 0 unspecified atom stereocenters. The summed E-state index contributed by atoms with van der Waals surface area (Å²) in [6.07, 6.45) is 5.67. The van der Waals surface area contributed by atoms with Gasteiger partial charge >= 0.3 is 0 Å². The molecule has 0 amide bonds. The van der Waals surface area contributed by atoms with Crippen LogP contribution in [-0.2, 0) is 7.05 Å². The summed E-state index contributed by atoms with van der Waals surface area (Å²) in [5, 5.41) is 8.11. The van der Waals surface area contributed by atoms with Gasteiger partial charge in [0.25, 0.3) is 0 Å². The smallest absolute Gasteiger partial charge is 0.148 e. The highest BCUT2D eigenvalue weighted by Gasteiger charge is 2.41. The van der Waals surface area contributed by atoms with Crippen molar-refractivity contribution in [1.29, 1.82) is 0 Å². The summed E-state index contributed by atoms with van der Waals surface area (Å²) in [6.45, 7) is 2.10. The van der Waals surface area contributed by atoms with Crippen LogP contribution in [0, 0.1) is 18.8 Å². The standard InChI is InChI=1S/C12H19N3/c1-8-7-11(14-15(8)2)13-12(9-3-4-9)10-5-6-10/h7,9-10,12H,3-6H2,1-2H3,(H,13,14). The Balaban J connectivity index is 1.71. The molecule has 82 valence electrons. The summed E-state index contributed by atoms with van der Waals surface area (Å²) in [5.41, 5.74) is 1.22. The fourth-order valence-electron chi connectivity index (χ4n) is 2.33. The van der Waals surface area contributed by atoms with E-state index < -0.39 is 0 Å². The molecular weight excluding hydrogens is 186 g/mol. The fourth-order valence-corrected chi connectivity index (χ4v) is 2.33. The van der Waals surface area contributed by atoms with Gasteiger partial charge in [-0.1, -0.05) is 0 Å². The summed E-state index contributed by atoms with van der Waals surface area (Å²) in [7, 11) is 2.00. The predicted molar refractivity (Wildman–Crippen MR) is 60.8 cm³/mol. The molecule has 2 fully saturated rings. The minimum absolute atomic E-state index is 0.708. The number of hydrogen-bond donors (Lipinski definition) is 1. The SMILES string of the molecule is Cc1cc(NC(C2CC2)C2CC2)nn1C. The van der Waals surface area contributed by atoms with Crippen LogP contribution in [0.1, 0.15) is 31.4 Å². The van der Waals surface area contributed by atoms with Crippen molar-refractivity contribution in [2.24, 2.45) is 18.9 Å². The number of anilines is 1. The van der Waals surface area contributed by atoms with Crippen LogP contribution in [0.15, 0.2) is 6.07 Å². The number of hydrogen-bond acceptors (Lipinski definition) is 2. The molecule has 15 heavy (non-hydrogen) atoms. The van der Waals surface area contributed by atoms with E-state index in [9.17, 15) is 0 Å². The van der Waals surface area contributed by atoms with Gasteiger partial charge < -0.3 is 5.32 Å². The Morgan fingerprint density at radius 3 is 2.33 bits per heavy atom. The van der Waals surface area contributed by atoms with E-state index in [0.29, 0.717) is 6.04 Å². The number of rotatable bonds is 4. The Bertz CT molecular complexity index is 329. The largest absolute Gasteiger partial charge is 0.365 e. The molecule has 1 heterocycles. The minimum Gasteiger partial charge on any atom is -0.365 e. The monoisotopic (exact) mass is 205 g/mol. The van der Waals surface area contributed by atoms with Crippen molar-refractivity contribution in [1.82, 2.24) is 9.78 Å². The third kappa shape index (κ3) is 1.87. The van der Waals surface area contributed by atoms with Crippen LogP contribution >= 0.6 is 0 Å². The van der Waals surface area contributed by atoms with Gasteiger partial charge in [-0.3, -0.25) is 4.68 Å². The Labute approximate surface area is 90.9 Å². The average molecular weight is 205 g/mol. The lowest BCUT2D eigenvalue weighted by atomic mass is 10.1. The number of nitrogens with one attached hydrogen (secondary N) is 1. The summed E-state index contributed by atoms with van der Waals surface area (Å²) in [4.78, 5) is 0. The van der Waals surface area contributed by atoms with Crippen molar-refractivity contribution in [3.63, 3.8) is 0 Å². The molecule has 1 N–H and O–H groups in total.